The lowest BCUT2D eigenvalue weighted by atomic mass is 10.0. The molecule has 19 heavy (non-hydrogen) atoms. The largest absolute Gasteiger partial charge is 0.462 e. The highest BCUT2D eigenvalue weighted by Crippen LogP contribution is 2.37. The van der Waals surface area contributed by atoms with Crippen molar-refractivity contribution >= 4 is 5.82 Å². The van der Waals surface area contributed by atoms with Crippen molar-refractivity contribution < 1.29 is 8.81 Å². The summed E-state index contributed by atoms with van der Waals surface area (Å²) in [5.41, 5.74) is 8.29. The maximum absolute atomic E-state index is 13.9. The van der Waals surface area contributed by atoms with Gasteiger partial charge in [-0.1, -0.05) is 18.2 Å². The van der Waals surface area contributed by atoms with Gasteiger partial charge in [0, 0.05) is 5.56 Å². The number of nitrogen functional groups attached to an aromatic ring is 1. The first kappa shape index (κ1) is 11.5. The number of aryl methyl sites for hydroxylation is 1. The first-order valence-corrected chi connectivity index (χ1v) is 5.81. The summed E-state index contributed by atoms with van der Waals surface area (Å²) in [6.07, 6.45) is 1.58. The van der Waals surface area contributed by atoms with E-state index in [2.05, 4.69) is 10.2 Å². The molecule has 0 bridgehead atoms. The first-order chi connectivity index (χ1) is 9.18. The Morgan fingerprint density at radius 2 is 2.05 bits per heavy atom. The normalized spacial score (nSPS) is 10.8. The van der Waals surface area contributed by atoms with E-state index in [0.717, 1.165) is 5.56 Å². The molecule has 0 atom stereocenters. The quantitative estimate of drug-likeness (QED) is 0.739. The molecule has 3 rings (SSSR count). The fourth-order valence-electron chi connectivity index (χ4n) is 2.09. The van der Waals surface area contributed by atoms with Crippen LogP contribution in [0.1, 0.15) is 5.56 Å². The molecule has 3 aromatic rings. The number of nitrogens with two attached hydrogens (primary N) is 1. The van der Waals surface area contributed by atoms with Crippen LogP contribution in [0.5, 0.6) is 0 Å². The fourth-order valence-corrected chi connectivity index (χ4v) is 2.09. The zero-order chi connectivity index (χ0) is 13.4. The highest BCUT2D eigenvalue weighted by molar-refractivity contribution is 5.87. The third kappa shape index (κ3) is 1.79. The van der Waals surface area contributed by atoms with Crippen molar-refractivity contribution in [1.29, 1.82) is 0 Å². The number of aromatic amines is 1. The number of aromatic nitrogens is 2. The van der Waals surface area contributed by atoms with Crippen LogP contribution < -0.4 is 5.73 Å². The Bertz CT molecular complexity index is 730. The van der Waals surface area contributed by atoms with Crippen molar-refractivity contribution in [2.75, 3.05) is 5.73 Å². The number of anilines is 1. The van der Waals surface area contributed by atoms with Gasteiger partial charge < -0.3 is 10.2 Å². The van der Waals surface area contributed by atoms with E-state index in [1.807, 2.05) is 13.0 Å². The van der Waals surface area contributed by atoms with Gasteiger partial charge in [-0.05, 0) is 24.6 Å². The molecule has 0 spiro atoms. The number of hydrogen-bond donors (Lipinski definition) is 2. The summed E-state index contributed by atoms with van der Waals surface area (Å²) in [6.45, 7) is 1.90. The number of benzene rings is 1. The summed E-state index contributed by atoms with van der Waals surface area (Å²) in [6, 6.07) is 8.27. The number of hydrogen-bond acceptors (Lipinski definition) is 3. The number of nitrogens with zero attached hydrogens (tertiary/aromatic N) is 1. The number of rotatable bonds is 2. The van der Waals surface area contributed by atoms with Crippen LogP contribution in [0.15, 0.2) is 41.0 Å². The number of nitrogens with one attached hydrogen (secondary N) is 1. The summed E-state index contributed by atoms with van der Waals surface area (Å²) in [5, 5.41) is 6.76. The highest BCUT2D eigenvalue weighted by Gasteiger charge is 2.20. The van der Waals surface area contributed by atoms with Crippen LogP contribution in [0.2, 0.25) is 0 Å². The van der Waals surface area contributed by atoms with Gasteiger partial charge in [0.2, 0.25) is 0 Å². The molecule has 0 aliphatic rings. The van der Waals surface area contributed by atoms with Gasteiger partial charge in [-0.3, -0.25) is 5.10 Å². The van der Waals surface area contributed by atoms with Crippen molar-refractivity contribution in [3.63, 3.8) is 0 Å². The van der Waals surface area contributed by atoms with Crippen LogP contribution in [-0.4, -0.2) is 10.2 Å². The van der Waals surface area contributed by atoms with E-state index in [0.29, 0.717) is 22.6 Å². The molecule has 0 amide bonds. The van der Waals surface area contributed by atoms with Crippen LogP contribution in [0.4, 0.5) is 10.2 Å². The van der Waals surface area contributed by atoms with Crippen molar-refractivity contribution in [3.8, 4) is 22.6 Å². The Morgan fingerprint density at radius 1 is 1.26 bits per heavy atom. The van der Waals surface area contributed by atoms with Gasteiger partial charge in [0.05, 0.1) is 11.8 Å². The maximum atomic E-state index is 13.9. The molecule has 2 aromatic heterocycles. The van der Waals surface area contributed by atoms with Gasteiger partial charge in [0.1, 0.15) is 11.5 Å². The molecule has 2 heterocycles. The Balaban J connectivity index is 2.26. The molecule has 0 fully saturated rings. The summed E-state index contributed by atoms with van der Waals surface area (Å²) >= 11 is 0. The van der Waals surface area contributed by atoms with Gasteiger partial charge in [-0.15, -0.1) is 0 Å². The van der Waals surface area contributed by atoms with Crippen LogP contribution in [0.25, 0.3) is 22.6 Å². The number of halogens is 1. The second kappa shape index (κ2) is 4.28. The van der Waals surface area contributed by atoms with Crippen molar-refractivity contribution in [1.82, 2.24) is 10.2 Å². The SMILES string of the molecule is Cc1ccoc1-c1[nH]nc(N)c1-c1ccccc1F. The number of furan rings is 1. The lowest BCUT2D eigenvalue weighted by molar-refractivity contribution is 0.578. The van der Waals surface area contributed by atoms with Gasteiger partial charge in [-0.2, -0.15) is 5.10 Å². The summed E-state index contributed by atoms with van der Waals surface area (Å²) < 4.78 is 19.3. The Morgan fingerprint density at radius 3 is 2.74 bits per heavy atom. The van der Waals surface area contributed by atoms with Gasteiger partial charge in [0.25, 0.3) is 0 Å². The molecule has 0 aliphatic carbocycles. The average Bonchev–Trinajstić information content (AvgIpc) is 2.96. The standard InChI is InChI=1S/C14H12FN3O/c1-8-6-7-19-13(8)12-11(14(16)18-17-12)9-4-2-3-5-10(9)15/h2-7H,1H3,(H3,16,17,18). The van der Waals surface area contributed by atoms with Gasteiger partial charge >= 0.3 is 0 Å². The predicted octanol–water partition coefficient (Wildman–Crippen LogP) is 3.37. The molecule has 0 saturated carbocycles. The van der Waals surface area contributed by atoms with E-state index < -0.39 is 0 Å². The second-order valence-corrected chi connectivity index (χ2v) is 4.27. The minimum absolute atomic E-state index is 0.246. The predicted molar refractivity (Wildman–Crippen MR) is 70.8 cm³/mol. The zero-order valence-electron chi connectivity index (χ0n) is 10.3. The lowest BCUT2D eigenvalue weighted by Gasteiger charge is -2.04. The molecule has 0 unspecified atom stereocenters. The van der Waals surface area contributed by atoms with Crippen molar-refractivity contribution in [2.45, 2.75) is 6.92 Å². The minimum atomic E-state index is -0.346. The second-order valence-electron chi connectivity index (χ2n) is 4.27. The zero-order valence-corrected chi connectivity index (χ0v) is 10.3. The molecular weight excluding hydrogens is 245 g/mol. The molecule has 0 saturated heterocycles. The lowest BCUT2D eigenvalue weighted by Crippen LogP contribution is -1.91. The van der Waals surface area contributed by atoms with E-state index in [4.69, 9.17) is 10.2 Å². The fraction of sp³-hybridized carbons (Fsp3) is 0.0714. The van der Waals surface area contributed by atoms with Crippen LogP contribution >= 0.6 is 0 Å². The number of H-pyrrole nitrogens is 1. The third-order valence-corrected chi connectivity index (χ3v) is 3.03. The van der Waals surface area contributed by atoms with Gasteiger partial charge in [-0.25, -0.2) is 4.39 Å². The molecule has 0 radical (unpaired) electrons. The Hall–Kier alpha value is -2.56. The molecule has 5 heteroatoms. The van der Waals surface area contributed by atoms with E-state index >= 15 is 0 Å². The van der Waals surface area contributed by atoms with E-state index in [1.165, 1.54) is 6.07 Å². The van der Waals surface area contributed by atoms with Crippen molar-refractivity contribution in [3.05, 3.63) is 48.0 Å². The van der Waals surface area contributed by atoms with E-state index in [-0.39, 0.29) is 11.6 Å². The average molecular weight is 257 g/mol. The van der Waals surface area contributed by atoms with Crippen LogP contribution in [0.3, 0.4) is 0 Å². The Labute approximate surface area is 109 Å². The molecule has 1 aromatic carbocycles. The van der Waals surface area contributed by atoms with E-state index in [1.54, 1.807) is 24.5 Å². The topological polar surface area (TPSA) is 67.8 Å². The summed E-state index contributed by atoms with van der Waals surface area (Å²) in [4.78, 5) is 0. The minimum Gasteiger partial charge on any atom is -0.462 e. The Kier molecular flexibility index (Phi) is 2.59. The molecule has 96 valence electrons. The first-order valence-electron chi connectivity index (χ1n) is 5.81. The molecular formula is C14H12FN3O. The molecule has 4 nitrogen and oxygen atoms in total. The maximum Gasteiger partial charge on any atom is 0.155 e. The highest BCUT2D eigenvalue weighted by atomic mass is 19.1. The summed E-state index contributed by atoms with van der Waals surface area (Å²) in [7, 11) is 0. The monoisotopic (exact) mass is 257 g/mol. The third-order valence-electron chi connectivity index (χ3n) is 3.03. The summed E-state index contributed by atoms with van der Waals surface area (Å²) in [5.74, 6) is 0.513. The smallest absolute Gasteiger partial charge is 0.155 e. The van der Waals surface area contributed by atoms with Crippen molar-refractivity contribution in [2.24, 2.45) is 0 Å². The molecule has 3 N–H and O–H groups in total. The van der Waals surface area contributed by atoms with Gasteiger partial charge in [0.15, 0.2) is 11.6 Å². The van der Waals surface area contributed by atoms with Crippen LogP contribution in [0, 0.1) is 12.7 Å². The van der Waals surface area contributed by atoms with Crippen LogP contribution in [-0.2, 0) is 0 Å². The van der Waals surface area contributed by atoms with E-state index in [9.17, 15) is 4.39 Å². The molecule has 0 aliphatic heterocycles.